The molecule has 1 aromatic heterocycles. The van der Waals surface area contributed by atoms with Gasteiger partial charge in [0.05, 0.1) is 0 Å². The maximum Gasteiger partial charge on any atom is 0.0403 e. The van der Waals surface area contributed by atoms with Gasteiger partial charge < -0.3 is 4.57 Å². The fourth-order valence-corrected chi connectivity index (χ4v) is 1.32. The average molecular weight is 163 g/mol. The van der Waals surface area contributed by atoms with E-state index < -0.39 is 0 Å². The topological polar surface area (TPSA) is 4.93 Å². The molecule has 0 spiro atoms. The summed E-state index contributed by atoms with van der Waals surface area (Å²) in [5.41, 5.74) is 0. The first kappa shape index (κ1) is 9.11. The zero-order chi connectivity index (χ0) is 8.97. The van der Waals surface area contributed by atoms with Crippen LogP contribution in [0.3, 0.4) is 0 Å². The lowest BCUT2D eigenvalue weighted by Crippen LogP contribution is -2.26. The third kappa shape index (κ3) is 1.79. The van der Waals surface area contributed by atoms with Crippen molar-refractivity contribution in [1.82, 2.24) is 4.57 Å². The summed E-state index contributed by atoms with van der Waals surface area (Å²) in [5, 5.41) is 2.40. The van der Waals surface area contributed by atoms with Gasteiger partial charge in [-0.3, -0.25) is 0 Å². The minimum Gasteiger partial charge on any atom is -0.348 e. The molecule has 0 radical (unpaired) electrons. The van der Waals surface area contributed by atoms with Gasteiger partial charge in [0.1, 0.15) is 0 Å². The van der Waals surface area contributed by atoms with E-state index in [1.165, 1.54) is 18.1 Å². The van der Waals surface area contributed by atoms with Gasteiger partial charge in [0.25, 0.3) is 0 Å². The van der Waals surface area contributed by atoms with Crippen molar-refractivity contribution in [1.29, 1.82) is 0 Å². The van der Waals surface area contributed by atoms with Crippen molar-refractivity contribution in [3.63, 3.8) is 0 Å². The van der Waals surface area contributed by atoms with Crippen LogP contribution >= 0.6 is 0 Å². The number of rotatable bonds is 3. The lowest BCUT2D eigenvalue weighted by molar-refractivity contribution is 0.622. The van der Waals surface area contributed by atoms with Crippen LogP contribution < -0.4 is 10.6 Å². The summed E-state index contributed by atoms with van der Waals surface area (Å²) < 4.78 is 2.22. The standard InChI is InChI=1S/C11H17N/c1-4-6-8-12-9-7-11(5-2)10(12)3/h5,7,9H,3-4,6,8H2,1-2H3/b11-5-. The van der Waals surface area contributed by atoms with Gasteiger partial charge in [-0.1, -0.05) is 26.0 Å². The normalized spacial score (nSPS) is 12.3. The van der Waals surface area contributed by atoms with Gasteiger partial charge in [-0.05, 0) is 24.6 Å². The smallest absolute Gasteiger partial charge is 0.0403 e. The fourth-order valence-electron chi connectivity index (χ4n) is 1.32. The van der Waals surface area contributed by atoms with Crippen LogP contribution in [0, 0.1) is 0 Å². The van der Waals surface area contributed by atoms with E-state index in [1.807, 2.05) is 6.92 Å². The minimum absolute atomic E-state index is 1.10. The van der Waals surface area contributed by atoms with E-state index in [-0.39, 0.29) is 0 Å². The summed E-state index contributed by atoms with van der Waals surface area (Å²) in [4.78, 5) is 0. The summed E-state index contributed by atoms with van der Waals surface area (Å²) in [7, 11) is 0. The third-order valence-corrected chi connectivity index (χ3v) is 2.18. The van der Waals surface area contributed by atoms with E-state index in [0.29, 0.717) is 0 Å². The molecule has 66 valence electrons. The van der Waals surface area contributed by atoms with E-state index in [1.54, 1.807) is 0 Å². The summed E-state index contributed by atoms with van der Waals surface area (Å²) in [6.45, 7) is 9.39. The molecule has 0 aliphatic carbocycles. The Hall–Kier alpha value is -0.980. The van der Waals surface area contributed by atoms with Crippen molar-refractivity contribution in [2.45, 2.75) is 33.2 Å². The Labute approximate surface area is 74.0 Å². The number of aromatic nitrogens is 1. The van der Waals surface area contributed by atoms with Crippen molar-refractivity contribution in [3.8, 4) is 0 Å². The molecule has 1 rings (SSSR count). The molecule has 1 heteroatoms. The van der Waals surface area contributed by atoms with Crippen LogP contribution in [0.25, 0.3) is 12.7 Å². The van der Waals surface area contributed by atoms with Crippen LogP contribution in [-0.2, 0) is 6.54 Å². The van der Waals surface area contributed by atoms with Crippen LogP contribution in [0.5, 0.6) is 0 Å². The fraction of sp³-hybridized carbons (Fsp3) is 0.455. The highest BCUT2D eigenvalue weighted by atomic mass is 14.9. The second kappa shape index (κ2) is 4.15. The number of hydrogen-bond acceptors (Lipinski definition) is 0. The van der Waals surface area contributed by atoms with Crippen LogP contribution in [0.1, 0.15) is 26.7 Å². The van der Waals surface area contributed by atoms with Crippen LogP contribution in [0.4, 0.5) is 0 Å². The molecule has 12 heavy (non-hydrogen) atoms. The molecule has 0 aliphatic heterocycles. The molecular formula is C11H17N. The Morgan fingerprint density at radius 1 is 1.58 bits per heavy atom. The molecule has 0 saturated heterocycles. The maximum absolute atomic E-state index is 4.04. The predicted molar refractivity (Wildman–Crippen MR) is 54.3 cm³/mol. The van der Waals surface area contributed by atoms with E-state index >= 15 is 0 Å². The second-order valence-electron chi connectivity index (χ2n) is 3.05. The number of unbranched alkanes of at least 4 members (excludes halogenated alkanes) is 1. The lowest BCUT2D eigenvalue weighted by atomic mass is 10.3. The molecule has 0 saturated carbocycles. The van der Waals surface area contributed by atoms with Gasteiger partial charge in [0, 0.05) is 18.1 Å². The largest absolute Gasteiger partial charge is 0.348 e. The highest BCUT2D eigenvalue weighted by Gasteiger charge is 1.91. The van der Waals surface area contributed by atoms with E-state index in [9.17, 15) is 0 Å². The Morgan fingerprint density at radius 3 is 2.83 bits per heavy atom. The summed E-state index contributed by atoms with van der Waals surface area (Å²) in [6, 6.07) is 2.12. The number of aryl methyl sites for hydroxylation is 1. The molecule has 0 atom stereocenters. The van der Waals surface area contributed by atoms with Crippen LogP contribution in [0.2, 0.25) is 0 Å². The van der Waals surface area contributed by atoms with Crippen molar-refractivity contribution < 1.29 is 0 Å². The summed E-state index contributed by atoms with van der Waals surface area (Å²) in [5.74, 6) is 0. The lowest BCUT2D eigenvalue weighted by Gasteiger charge is -1.99. The molecule has 1 aromatic rings. The van der Waals surface area contributed by atoms with Crippen molar-refractivity contribution in [3.05, 3.63) is 22.8 Å². The van der Waals surface area contributed by atoms with Gasteiger partial charge >= 0.3 is 0 Å². The first-order valence-corrected chi connectivity index (χ1v) is 4.60. The Kier molecular flexibility index (Phi) is 3.15. The predicted octanol–water partition coefficient (Wildman–Crippen LogP) is 1.50. The average Bonchev–Trinajstić information content (AvgIpc) is 2.43. The molecule has 0 fully saturated rings. The first-order chi connectivity index (χ1) is 5.79. The van der Waals surface area contributed by atoms with Crippen molar-refractivity contribution >= 4 is 12.7 Å². The molecule has 0 aromatic carbocycles. The minimum atomic E-state index is 1.10. The van der Waals surface area contributed by atoms with Crippen LogP contribution in [-0.4, -0.2) is 4.57 Å². The number of nitrogens with zero attached hydrogens (tertiary/aromatic N) is 1. The zero-order valence-electron chi connectivity index (χ0n) is 8.01. The van der Waals surface area contributed by atoms with Crippen LogP contribution in [0.15, 0.2) is 12.3 Å². The van der Waals surface area contributed by atoms with E-state index in [4.69, 9.17) is 0 Å². The second-order valence-corrected chi connectivity index (χ2v) is 3.05. The van der Waals surface area contributed by atoms with Gasteiger partial charge in [-0.15, -0.1) is 0 Å². The molecular weight excluding hydrogens is 146 g/mol. The highest BCUT2D eigenvalue weighted by Crippen LogP contribution is 1.89. The number of hydrogen-bond donors (Lipinski definition) is 0. The molecule has 0 aliphatic rings. The Balaban J connectivity index is 2.89. The molecule has 1 heterocycles. The zero-order valence-corrected chi connectivity index (χ0v) is 8.01. The molecule has 0 amide bonds. The molecule has 0 N–H and O–H groups in total. The first-order valence-electron chi connectivity index (χ1n) is 4.60. The summed E-state index contributed by atoms with van der Waals surface area (Å²) >= 11 is 0. The highest BCUT2D eigenvalue weighted by molar-refractivity contribution is 5.21. The molecule has 1 nitrogen and oxygen atoms in total. The molecule has 0 bridgehead atoms. The van der Waals surface area contributed by atoms with Crippen molar-refractivity contribution in [2.75, 3.05) is 0 Å². The monoisotopic (exact) mass is 163 g/mol. The van der Waals surface area contributed by atoms with Crippen molar-refractivity contribution in [2.24, 2.45) is 0 Å². The van der Waals surface area contributed by atoms with Gasteiger partial charge in [-0.2, -0.15) is 0 Å². The van der Waals surface area contributed by atoms with Gasteiger partial charge in [-0.25, -0.2) is 0 Å². The molecule has 0 unspecified atom stereocenters. The third-order valence-electron chi connectivity index (χ3n) is 2.18. The quantitative estimate of drug-likeness (QED) is 0.636. The Morgan fingerprint density at radius 2 is 2.33 bits per heavy atom. The Bertz CT molecular complexity index is 332. The summed E-state index contributed by atoms with van der Waals surface area (Å²) in [6.07, 6.45) is 6.70. The van der Waals surface area contributed by atoms with Gasteiger partial charge in [0.15, 0.2) is 0 Å². The van der Waals surface area contributed by atoms with E-state index in [0.717, 1.165) is 11.9 Å². The van der Waals surface area contributed by atoms with Gasteiger partial charge in [0.2, 0.25) is 0 Å². The SMILES string of the molecule is C=c1/c(=C\C)ccn1CCCC. The van der Waals surface area contributed by atoms with E-state index in [2.05, 4.69) is 36.4 Å². The maximum atomic E-state index is 4.04.